The molecule has 106 valence electrons. The number of hydrogen-bond donors (Lipinski definition) is 3. The predicted octanol–water partition coefficient (Wildman–Crippen LogP) is 1.41. The summed E-state index contributed by atoms with van der Waals surface area (Å²) >= 11 is 0. The van der Waals surface area contributed by atoms with Gasteiger partial charge in [-0.1, -0.05) is 6.07 Å². The molecule has 0 bridgehead atoms. The number of benzene rings is 1. The van der Waals surface area contributed by atoms with Crippen molar-refractivity contribution in [3.8, 4) is 6.07 Å². The number of rotatable bonds is 4. The smallest absolute Gasteiger partial charge is 0.315 e. The summed E-state index contributed by atoms with van der Waals surface area (Å²) in [6.07, 6.45) is 2.35. The molecule has 0 aliphatic heterocycles. The van der Waals surface area contributed by atoms with Gasteiger partial charge in [-0.15, -0.1) is 0 Å². The second-order valence-corrected chi connectivity index (χ2v) is 5.03. The molecule has 0 unspecified atom stereocenters. The number of nitriles is 1. The normalized spacial score (nSPS) is 15.8. The van der Waals surface area contributed by atoms with Crippen LogP contribution in [0.4, 0.5) is 9.18 Å². The van der Waals surface area contributed by atoms with Crippen LogP contribution in [-0.4, -0.2) is 23.3 Å². The van der Waals surface area contributed by atoms with Crippen molar-refractivity contribution in [3.63, 3.8) is 0 Å². The van der Waals surface area contributed by atoms with Crippen LogP contribution in [0.1, 0.15) is 30.4 Å². The van der Waals surface area contributed by atoms with Gasteiger partial charge >= 0.3 is 6.03 Å². The fourth-order valence-corrected chi connectivity index (χ4v) is 2.00. The third kappa shape index (κ3) is 3.45. The van der Waals surface area contributed by atoms with Gasteiger partial charge in [0.25, 0.3) is 0 Å². The number of nitrogens with one attached hydrogen (secondary N) is 2. The number of halogens is 1. The van der Waals surface area contributed by atoms with Crippen LogP contribution in [0.5, 0.6) is 0 Å². The third-order valence-corrected chi connectivity index (χ3v) is 3.48. The van der Waals surface area contributed by atoms with Gasteiger partial charge in [0.05, 0.1) is 17.2 Å². The van der Waals surface area contributed by atoms with Gasteiger partial charge in [0.1, 0.15) is 5.82 Å². The first-order chi connectivity index (χ1) is 9.52. The molecule has 1 fully saturated rings. The van der Waals surface area contributed by atoms with Crippen LogP contribution >= 0.6 is 0 Å². The quantitative estimate of drug-likeness (QED) is 0.778. The van der Waals surface area contributed by atoms with Crippen molar-refractivity contribution in [1.82, 2.24) is 10.6 Å². The zero-order valence-corrected chi connectivity index (χ0v) is 10.9. The lowest BCUT2D eigenvalue weighted by Gasteiger charge is -2.36. The summed E-state index contributed by atoms with van der Waals surface area (Å²) in [5.74, 6) is -0.526. The van der Waals surface area contributed by atoms with Gasteiger partial charge in [0, 0.05) is 18.7 Å². The van der Waals surface area contributed by atoms with E-state index in [1.165, 1.54) is 12.1 Å². The molecule has 1 aliphatic carbocycles. The van der Waals surface area contributed by atoms with Gasteiger partial charge < -0.3 is 15.7 Å². The second kappa shape index (κ2) is 5.88. The highest BCUT2D eigenvalue weighted by Crippen LogP contribution is 2.30. The lowest BCUT2D eigenvalue weighted by atomic mass is 9.80. The number of urea groups is 1. The Kier molecular flexibility index (Phi) is 4.20. The lowest BCUT2D eigenvalue weighted by molar-refractivity contribution is -0.0290. The summed E-state index contributed by atoms with van der Waals surface area (Å²) in [5, 5.41) is 23.5. The van der Waals surface area contributed by atoms with E-state index < -0.39 is 17.4 Å². The van der Waals surface area contributed by atoms with Crippen LogP contribution < -0.4 is 10.6 Å². The molecule has 20 heavy (non-hydrogen) atoms. The largest absolute Gasteiger partial charge is 0.388 e. The molecule has 5 nitrogen and oxygen atoms in total. The van der Waals surface area contributed by atoms with Crippen LogP contribution in [0.2, 0.25) is 0 Å². The first kappa shape index (κ1) is 14.3. The van der Waals surface area contributed by atoms with E-state index in [0.29, 0.717) is 18.4 Å². The highest BCUT2D eigenvalue weighted by atomic mass is 19.1. The Morgan fingerprint density at radius 2 is 2.20 bits per heavy atom. The minimum absolute atomic E-state index is 0.0296. The van der Waals surface area contributed by atoms with E-state index in [-0.39, 0.29) is 18.7 Å². The van der Waals surface area contributed by atoms with Gasteiger partial charge in [-0.25, -0.2) is 9.18 Å². The first-order valence-corrected chi connectivity index (χ1v) is 6.45. The monoisotopic (exact) mass is 277 g/mol. The number of amides is 2. The van der Waals surface area contributed by atoms with Crippen LogP contribution in [-0.2, 0) is 6.54 Å². The van der Waals surface area contributed by atoms with Crippen molar-refractivity contribution in [3.05, 3.63) is 35.1 Å². The maximum absolute atomic E-state index is 13.6. The lowest BCUT2D eigenvalue weighted by Crippen LogP contribution is -2.50. The summed E-state index contributed by atoms with van der Waals surface area (Å²) in [6, 6.07) is 5.48. The van der Waals surface area contributed by atoms with E-state index in [4.69, 9.17) is 5.26 Å². The zero-order valence-electron chi connectivity index (χ0n) is 10.9. The Hall–Kier alpha value is -2.13. The first-order valence-electron chi connectivity index (χ1n) is 6.45. The van der Waals surface area contributed by atoms with Crippen LogP contribution in [0.3, 0.4) is 0 Å². The van der Waals surface area contributed by atoms with E-state index in [0.717, 1.165) is 12.5 Å². The molecule has 0 radical (unpaired) electrons. The van der Waals surface area contributed by atoms with E-state index in [1.807, 2.05) is 6.07 Å². The van der Waals surface area contributed by atoms with Crippen molar-refractivity contribution in [2.45, 2.75) is 31.4 Å². The predicted molar refractivity (Wildman–Crippen MR) is 70.2 cm³/mol. The fourth-order valence-electron chi connectivity index (χ4n) is 2.00. The molecule has 1 aromatic rings. The molecule has 1 aliphatic rings. The highest BCUT2D eigenvalue weighted by Gasteiger charge is 2.34. The molecule has 0 heterocycles. The summed E-state index contributed by atoms with van der Waals surface area (Å²) in [7, 11) is 0. The van der Waals surface area contributed by atoms with E-state index >= 15 is 0 Å². The molecule has 2 rings (SSSR count). The Morgan fingerprint density at radius 3 is 2.75 bits per heavy atom. The molecule has 6 heteroatoms. The Bertz CT molecular complexity index is 550. The third-order valence-electron chi connectivity index (χ3n) is 3.48. The van der Waals surface area contributed by atoms with Gasteiger partial charge in [0.15, 0.2) is 0 Å². The van der Waals surface area contributed by atoms with Gasteiger partial charge in [-0.3, -0.25) is 0 Å². The minimum atomic E-state index is -0.781. The molecule has 0 saturated heterocycles. The topological polar surface area (TPSA) is 85.2 Å². The molecule has 0 spiro atoms. The van der Waals surface area contributed by atoms with Crippen molar-refractivity contribution >= 4 is 6.03 Å². The van der Waals surface area contributed by atoms with Crippen LogP contribution in [0, 0.1) is 17.1 Å². The molecule has 3 N–H and O–H groups in total. The molecule has 0 aromatic heterocycles. The standard InChI is InChI=1S/C14H16FN3O2/c15-12-6-10(7-16)2-3-11(12)8-17-13(19)18-9-14(20)4-1-5-14/h2-3,6,20H,1,4-5,8-9H2,(H2,17,18,19). The Morgan fingerprint density at radius 1 is 1.45 bits per heavy atom. The molecular weight excluding hydrogens is 261 g/mol. The highest BCUT2D eigenvalue weighted by molar-refractivity contribution is 5.73. The average Bonchev–Trinajstić information content (AvgIpc) is 2.41. The molecule has 1 saturated carbocycles. The molecule has 0 atom stereocenters. The van der Waals surface area contributed by atoms with Crippen LogP contribution in [0.15, 0.2) is 18.2 Å². The number of nitrogens with zero attached hydrogens (tertiary/aromatic N) is 1. The number of carbonyl (C=O) groups excluding carboxylic acids is 1. The summed E-state index contributed by atoms with van der Waals surface area (Å²) < 4.78 is 13.6. The van der Waals surface area contributed by atoms with Crippen LogP contribution in [0.25, 0.3) is 0 Å². The SMILES string of the molecule is N#Cc1ccc(CNC(=O)NCC2(O)CCC2)c(F)c1. The van der Waals surface area contributed by atoms with Gasteiger partial charge in [0.2, 0.25) is 0 Å². The van der Waals surface area contributed by atoms with E-state index in [9.17, 15) is 14.3 Å². The maximum atomic E-state index is 13.6. The second-order valence-electron chi connectivity index (χ2n) is 5.03. The van der Waals surface area contributed by atoms with Crippen molar-refractivity contribution in [2.24, 2.45) is 0 Å². The summed E-state index contributed by atoms with van der Waals surface area (Å²) in [6.45, 7) is 0.233. The molecule has 2 amide bonds. The minimum Gasteiger partial charge on any atom is -0.388 e. The van der Waals surface area contributed by atoms with Crippen molar-refractivity contribution < 1.29 is 14.3 Å². The number of carbonyl (C=O) groups is 1. The Balaban J connectivity index is 1.80. The van der Waals surface area contributed by atoms with E-state index in [2.05, 4.69) is 10.6 Å². The van der Waals surface area contributed by atoms with Crippen molar-refractivity contribution in [1.29, 1.82) is 5.26 Å². The van der Waals surface area contributed by atoms with Gasteiger partial charge in [-0.2, -0.15) is 5.26 Å². The van der Waals surface area contributed by atoms with Crippen molar-refractivity contribution in [2.75, 3.05) is 6.54 Å². The fraction of sp³-hybridized carbons (Fsp3) is 0.429. The zero-order chi connectivity index (χ0) is 14.6. The number of aliphatic hydroxyl groups is 1. The Labute approximate surface area is 116 Å². The summed E-state index contributed by atoms with van der Waals surface area (Å²) in [4.78, 5) is 11.5. The maximum Gasteiger partial charge on any atom is 0.315 e. The number of hydrogen-bond acceptors (Lipinski definition) is 3. The molecular formula is C14H16FN3O2. The van der Waals surface area contributed by atoms with E-state index in [1.54, 1.807) is 0 Å². The average molecular weight is 277 g/mol. The summed E-state index contributed by atoms with van der Waals surface area (Å²) in [5.41, 5.74) is -0.235. The molecule has 1 aromatic carbocycles. The van der Waals surface area contributed by atoms with Gasteiger partial charge in [-0.05, 0) is 31.4 Å².